The van der Waals surface area contributed by atoms with E-state index >= 15 is 0 Å². The first-order chi connectivity index (χ1) is 8.61. The minimum atomic E-state index is 0.134. The largest absolute Gasteiger partial charge is 0.378 e. The molecule has 0 aliphatic heterocycles. The molecular formula is C13H13Cl2NS2. The molecule has 5 heteroatoms. The molecule has 18 heavy (non-hydrogen) atoms. The highest BCUT2D eigenvalue weighted by molar-refractivity contribution is 7.98. The van der Waals surface area contributed by atoms with Gasteiger partial charge in [0, 0.05) is 16.1 Å². The number of para-hydroxylation sites is 1. The molecule has 1 heterocycles. The molecule has 1 N–H and O–H groups in total. The summed E-state index contributed by atoms with van der Waals surface area (Å²) in [5.41, 5.74) is 2.17. The summed E-state index contributed by atoms with van der Waals surface area (Å²) in [6, 6.07) is 10.3. The fourth-order valence-corrected chi connectivity index (χ4v) is 3.93. The minimum Gasteiger partial charge on any atom is -0.378 e. The SMILES string of the molecule is CSc1ccccc1NC(C)c1cc(Cl)sc1Cl. The fourth-order valence-electron chi connectivity index (χ4n) is 1.72. The Labute approximate surface area is 126 Å². The molecule has 0 radical (unpaired) electrons. The summed E-state index contributed by atoms with van der Waals surface area (Å²) in [7, 11) is 0. The van der Waals surface area contributed by atoms with Crippen molar-refractivity contribution >= 4 is 52.0 Å². The molecule has 0 aliphatic carbocycles. The number of anilines is 1. The van der Waals surface area contributed by atoms with Crippen molar-refractivity contribution in [3.05, 3.63) is 44.6 Å². The molecule has 0 saturated carbocycles. The van der Waals surface area contributed by atoms with Crippen molar-refractivity contribution in [3.63, 3.8) is 0 Å². The minimum absolute atomic E-state index is 0.134. The van der Waals surface area contributed by atoms with Gasteiger partial charge in [0.15, 0.2) is 0 Å². The second-order valence-corrected chi connectivity index (χ2v) is 6.98. The Bertz CT molecular complexity index is 540. The molecule has 1 aromatic heterocycles. The number of halogens is 2. The molecule has 2 rings (SSSR count). The molecule has 0 aliphatic rings. The highest BCUT2D eigenvalue weighted by Gasteiger charge is 2.14. The lowest BCUT2D eigenvalue weighted by Crippen LogP contribution is -2.06. The van der Waals surface area contributed by atoms with Crippen LogP contribution in [0.5, 0.6) is 0 Å². The van der Waals surface area contributed by atoms with Gasteiger partial charge in [0.2, 0.25) is 0 Å². The van der Waals surface area contributed by atoms with Crippen molar-refractivity contribution in [3.8, 4) is 0 Å². The molecule has 1 aromatic carbocycles. The first-order valence-corrected chi connectivity index (χ1v) is 8.26. The zero-order valence-corrected chi connectivity index (χ0v) is 13.2. The third-order valence-corrected chi connectivity index (χ3v) is 4.94. The van der Waals surface area contributed by atoms with Crippen LogP contribution in [0.4, 0.5) is 5.69 Å². The highest BCUT2D eigenvalue weighted by atomic mass is 35.5. The normalized spacial score (nSPS) is 12.4. The van der Waals surface area contributed by atoms with Crippen LogP contribution >= 0.6 is 46.3 Å². The molecule has 0 bridgehead atoms. The van der Waals surface area contributed by atoms with E-state index in [1.54, 1.807) is 11.8 Å². The predicted molar refractivity (Wildman–Crippen MR) is 84.6 cm³/mol. The molecule has 1 nitrogen and oxygen atoms in total. The number of thiophene rings is 1. The van der Waals surface area contributed by atoms with E-state index in [1.807, 2.05) is 18.2 Å². The lowest BCUT2D eigenvalue weighted by molar-refractivity contribution is 0.885. The Balaban J connectivity index is 2.21. The maximum atomic E-state index is 6.17. The topological polar surface area (TPSA) is 12.0 Å². The van der Waals surface area contributed by atoms with Crippen LogP contribution in [0.2, 0.25) is 8.67 Å². The van der Waals surface area contributed by atoms with Crippen LogP contribution in [0, 0.1) is 0 Å². The number of thioether (sulfide) groups is 1. The zero-order valence-electron chi connectivity index (χ0n) is 10.0. The molecular weight excluding hydrogens is 305 g/mol. The molecule has 1 atom stereocenters. The lowest BCUT2D eigenvalue weighted by atomic mass is 10.1. The standard InChI is InChI=1S/C13H13Cl2NS2/c1-8(9-7-12(14)18-13(9)15)16-10-5-3-4-6-11(10)17-2/h3-8,16H,1-2H3. The quantitative estimate of drug-likeness (QED) is 0.699. The Hall–Kier alpha value is -0.350. The van der Waals surface area contributed by atoms with E-state index in [0.717, 1.165) is 19.9 Å². The Morgan fingerprint density at radius 2 is 2.00 bits per heavy atom. The van der Waals surface area contributed by atoms with Gasteiger partial charge in [-0.15, -0.1) is 23.1 Å². The third-order valence-electron chi connectivity index (χ3n) is 2.63. The van der Waals surface area contributed by atoms with E-state index in [0.29, 0.717) is 0 Å². The van der Waals surface area contributed by atoms with Crippen molar-refractivity contribution in [2.75, 3.05) is 11.6 Å². The second kappa shape index (κ2) is 6.20. The number of rotatable bonds is 4. The van der Waals surface area contributed by atoms with Gasteiger partial charge in [-0.1, -0.05) is 35.3 Å². The van der Waals surface area contributed by atoms with Crippen LogP contribution in [0.1, 0.15) is 18.5 Å². The molecule has 0 fully saturated rings. The van der Waals surface area contributed by atoms with Crippen LogP contribution in [0.25, 0.3) is 0 Å². The molecule has 1 unspecified atom stereocenters. The van der Waals surface area contributed by atoms with Gasteiger partial charge in [-0.3, -0.25) is 0 Å². The summed E-state index contributed by atoms with van der Waals surface area (Å²) in [6.45, 7) is 2.08. The van der Waals surface area contributed by atoms with E-state index < -0.39 is 0 Å². The molecule has 0 spiro atoms. The maximum absolute atomic E-state index is 6.17. The molecule has 0 saturated heterocycles. The Morgan fingerprint density at radius 3 is 2.61 bits per heavy atom. The first-order valence-electron chi connectivity index (χ1n) is 5.46. The average molecular weight is 318 g/mol. The monoisotopic (exact) mass is 317 g/mol. The van der Waals surface area contributed by atoms with Crippen LogP contribution in [-0.2, 0) is 0 Å². The Kier molecular flexibility index (Phi) is 4.84. The zero-order chi connectivity index (χ0) is 13.1. The van der Waals surface area contributed by atoms with Crippen LogP contribution in [0.3, 0.4) is 0 Å². The van der Waals surface area contributed by atoms with Crippen LogP contribution in [-0.4, -0.2) is 6.26 Å². The second-order valence-electron chi connectivity index (χ2n) is 3.85. The Morgan fingerprint density at radius 1 is 1.28 bits per heavy atom. The molecule has 96 valence electrons. The lowest BCUT2D eigenvalue weighted by Gasteiger charge is -2.17. The van der Waals surface area contributed by atoms with E-state index in [1.165, 1.54) is 16.2 Å². The van der Waals surface area contributed by atoms with Gasteiger partial charge < -0.3 is 5.32 Å². The molecule has 0 amide bonds. The van der Waals surface area contributed by atoms with E-state index in [9.17, 15) is 0 Å². The first kappa shape index (κ1) is 14.1. The average Bonchev–Trinajstić information content (AvgIpc) is 2.69. The third kappa shape index (κ3) is 3.15. The van der Waals surface area contributed by atoms with Gasteiger partial charge >= 0.3 is 0 Å². The van der Waals surface area contributed by atoms with Crippen molar-refractivity contribution in [2.45, 2.75) is 17.9 Å². The summed E-state index contributed by atoms with van der Waals surface area (Å²) < 4.78 is 1.48. The summed E-state index contributed by atoms with van der Waals surface area (Å²) in [6.07, 6.45) is 2.07. The van der Waals surface area contributed by atoms with Crippen LogP contribution < -0.4 is 5.32 Å². The maximum Gasteiger partial charge on any atom is 0.0996 e. The van der Waals surface area contributed by atoms with Crippen molar-refractivity contribution in [2.24, 2.45) is 0 Å². The summed E-state index contributed by atoms with van der Waals surface area (Å²) >= 11 is 15.3. The van der Waals surface area contributed by atoms with Crippen molar-refractivity contribution < 1.29 is 0 Å². The highest BCUT2D eigenvalue weighted by Crippen LogP contribution is 2.37. The summed E-state index contributed by atoms with van der Waals surface area (Å²) in [5, 5.41) is 3.47. The van der Waals surface area contributed by atoms with Gasteiger partial charge in [0.05, 0.1) is 14.7 Å². The van der Waals surface area contributed by atoms with Crippen molar-refractivity contribution in [1.82, 2.24) is 0 Å². The number of hydrogen-bond acceptors (Lipinski definition) is 3. The van der Waals surface area contributed by atoms with Gasteiger partial charge in [-0.05, 0) is 31.4 Å². The fraction of sp³-hybridized carbons (Fsp3) is 0.231. The van der Waals surface area contributed by atoms with Crippen LogP contribution in [0.15, 0.2) is 35.2 Å². The van der Waals surface area contributed by atoms with E-state index in [2.05, 4.69) is 30.6 Å². The summed E-state index contributed by atoms with van der Waals surface area (Å²) in [5.74, 6) is 0. The van der Waals surface area contributed by atoms with Gasteiger partial charge in [-0.2, -0.15) is 0 Å². The van der Waals surface area contributed by atoms with Gasteiger partial charge in [-0.25, -0.2) is 0 Å². The van der Waals surface area contributed by atoms with E-state index in [-0.39, 0.29) is 6.04 Å². The van der Waals surface area contributed by atoms with Gasteiger partial charge in [0.25, 0.3) is 0 Å². The smallest absolute Gasteiger partial charge is 0.0996 e. The number of benzene rings is 1. The van der Waals surface area contributed by atoms with E-state index in [4.69, 9.17) is 23.2 Å². The number of nitrogens with one attached hydrogen (secondary N) is 1. The summed E-state index contributed by atoms with van der Waals surface area (Å²) in [4.78, 5) is 1.22. The predicted octanol–water partition coefficient (Wildman–Crippen LogP) is 5.95. The number of hydrogen-bond donors (Lipinski definition) is 1. The van der Waals surface area contributed by atoms with Gasteiger partial charge in [0.1, 0.15) is 0 Å². The molecule has 2 aromatic rings. The van der Waals surface area contributed by atoms with Crippen molar-refractivity contribution in [1.29, 1.82) is 0 Å².